The molecule has 3 aromatic rings. The molecule has 0 bridgehead atoms. The molecule has 0 amide bonds. The molecule has 4 heteroatoms. The third-order valence-corrected chi connectivity index (χ3v) is 6.52. The fraction of sp³-hybridized carbons (Fsp3) is 0.345. The molecule has 2 heterocycles. The molecule has 0 N–H and O–H groups in total. The number of nitrogens with zero attached hydrogens (tertiary/aromatic N) is 2. The Morgan fingerprint density at radius 3 is 2.52 bits per heavy atom. The van der Waals surface area contributed by atoms with Crippen LogP contribution in [0, 0.1) is 6.92 Å². The lowest BCUT2D eigenvalue weighted by Crippen LogP contribution is -2.33. The van der Waals surface area contributed by atoms with Crippen LogP contribution in [0.1, 0.15) is 73.6 Å². The number of para-hydroxylation sites is 1. The maximum atomic E-state index is 6.48. The van der Waals surface area contributed by atoms with Gasteiger partial charge in [-0.1, -0.05) is 74.2 Å². The minimum atomic E-state index is -0.258. The van der Waals surface area contributed by atoms with Crippen LogP contribution in [0.5, 0.6) is 11.5 Å². The van der Waals surface area contributed by atoms with Gasteiger partial charge >= 0.3 is 0 Å². The van der Waals surface area contributed by atoms with Crippen molar-refractivity contribution >= 4 is 5.71 Å². The van der Waals surface area contributed by atoms with E-state index in [1.165, 1.54) is 36.0 Å². The van der Waals surface area contributed by atoms with E-state index in [1.54, 1.807) is 0 Å². The molecule has 2 aliphatic heterocycles. The Hall–Kier alpha value is -3.27. The van der Waals surface area contributed by atoms with Gasteiger partial charge in [0.25, 0.3) is 0 Å². The summed E-state index contributed by atoms with van der Waals surface area (Å²) >= 11 is 0. The summed E-state index contributed by atoms with van der Waals surface area (Å²) in [5.74, 6) is 1.86. The summed E-state index contributed by atoms with van der Waals surface area (Å²) in [4.78, 5) is 0. The first-order valence-electron chi connectivity index (χ1n) is 12.1. The number of fused-ring (bicyclic) bond motifs is 3. The van der Waals surface area contributed by atoms with E-state index in [4.69, 9.17) is 14.6 Å². The molecule has 170 valence electrons. The van der Waals surface area contributed by atoms with Gasteiger partial charge < -0.3 is 9.47 Å². The molecule has 0 radical (unpaired) electrons. The number of hydrogen-bond donors (Lipinski definition) is 0. The van der Waals surface area contributed by atoms with Gasteiger partial charge in [0, 0.05) is 17.5 Å². The standard InChI is InChI=1S/C29H32N2O2/c1-3-4-5-8-19-32-24-17-15-23(16-18-24)29-31-27(25-9-6-7-10-28(25)33-29)20-26(30-31)22-13-11-21(2)12-14-22/h6-7,9-18,27,29H,3-5,8,19-20H2,1-2H3/t27-,29+/m0/s1. The fourth-order valence-electron chi connectivity index (χ4n) is 4.62. The molecule has 0 fully saturated rings. The third-order valence-electron chi connectivity index (χ3n) is 6.52. The molecular formula is C29H32N2O2. The third kappa shape index (κ3) is 4.61. The van der Waals surface area contributed by atoms with Crippen LogP contribution in [0.3, 0.4) is 0 Å². The zero-order valence-electron chi connectivity index (χ0n) is 19.5. The number of aryl methyl sites for hydroxylation is 1. The predicted molar refractivity (Wildman–Crippen MR) is 133 cm³/mol. The van der Waals surface area contributed by atoms with Crippen LogP contribution in [0.25, 0.3) is 0 Å². The topological polar surface area (TPSA) is 34.1 Å². The fourth-order valence-corrected chi connectivity index (χ4v) is 4.62. The number of rotatable bonds is 8. The lowest BCUT2D eigenvalue weighted by Gasteiger charge is -2.38. The molecule has 0 saturated carbocycles. The molecule has 33 heavy (non-hydrogen) atoms. The molecule has 0 aromatic heterocycles. The van der Waals surface area contributed by atoms with Crippen LogP contribution in [0.15, 0.2) is 77.9 Å². The van der Waals surface area contributed by atoms with Gasteiger partial charge in [0.2, 0.25) is 6.23 Å². The first-order chi connectivity index (χ1) is 16.2. The van der Waals surface area contributed by atoms with Crippen LogP contribution in [-0.4, -0.2) is 17.3 Å². The predicted octanol–water partition coefficient (Wildman–Crippen LogP) is 7.20. The van der Waals surface area contributed by atoms with E-state index < -0.39 is 0 Å². The van der Waals surface area contributed by atoms with Crippen molar-refractivity contribution in [2.24, 2.45) is 5.10 Å². The highest BCUT2D eigenvalue weighted by Crippen LogP contribution is 2.47. The van der Waals surface area contributed by atoms with Crippen molar-refractivity contribution in [2.75, 3.05) is 6.61 Å². The Kier molecular flexibility index (Phi) is 6.34. The number of ether oxygens (including phenoxy) is 2. The zero-order valence-corrected chi connectivity index (χ0v) is 19.5. The summed E-state index contributed by atoms with van der Waals surface area (Å²) in [6.07, 6.45) is 5.45. The van der Waals surface area contributed by atoms with Gasteiger partial charge in [-0.05, 0) is 49.2 Å². The van der Waals surface area contributed by atoms with Crippen molar-refractivity contribution in [1.82, 2.24) is 5.01 Å². The molecular weight excluding hydrogens is 408 g/mol. The molecule has 2 aliphatic rings. The Bertz CT molecular complexity index is 1110. The average Bonchev–Trinajstić information content (AvgIpc) is 3.30. The quantitative estimate of drug-likeness (QED) is 0.347. The van der Waals surface area contributed by atoms with Crippen molar-refractivity contribution in [2.45, 2.75) is 58.2 Å². The number of unbranched alkanes of at least 4 members (excludes halogenated alkanes) is 3. The number of benzene rings is 3. The minimum Gasteiger partial charge on any atom is -0.494 e. The van der Waals surface area contributed by atoms with Crippen LogP contribution < -0.4 is 9.47 Å². The van der Waals surface area contributed by atoms with Gasteiger partial charge in [0.15, 0.2) is 0 Å². The second-order valence-electron chi connectivity index (χ2n) is 9.00. The van der Waals surface area contributed by atoms with E-state index in [0.29, 0.717) is 0 Å². The lowest BCUT2D eigenvalue weighted by atomic mass is 9.95. The van der Waals surface area contributed by atoms with E-state index in [0.717, 1.165) is 42.2 Å². The SMILES string of the molecule is CCCCCCOc1ccc([C@H]2Oc3ccccc3[C@@H]3CC(c4ccc(C)cc4)=NN23)cc1. The van der Waals surface area contributed by atoms with Crippen LogP contribution in [0.4, 0.5) is 0 Å². The molecule has 3 aromatic carbocycles. The van der Waals surface area contributed by atoms with Gasteiger partial charge in [-0.25, -0.2) is 5.01 Å². The summed E-state index contributed by atoms with van der Waals surface area (Å²) in [6, 6.07) is 25.5. The summed E-state index contributed by atoms with van der Waals surface area (Å²) in [5, 5.41) is 7.20. The molecule has 0 spiro atoms. The van der Waals surface area contributed by atoms with Crippen LogP contribution in [0.2, 0.25) is 0 Å². The Morgan fingerprint density at radius 2 is 1.73 bits per heavy atom. The van der Waals surface area contributed by atoms with Gasteiger partial charge in [-0.3, -0.25) is 0 Å². The second-order valence-corrected chi connectivity index (χ2v) is 9.00. The monoisotopic (exact) mass is 440 g/mol. The molecule has 0 aliphatic carbocycles. The number of hydrazone groups is 1. The highest BCUT2D eigenvalue weighted by atomic mass is 16.5. The Labute approximate surface area is 196 Å². The Balaban J connectivity index is 1.38. The maximum Gasteiger partial charge on any atom is 0.213 e. The molecule has 0 saturated heterocycles. The smallest absolute Gasteiger partial charge is 0.213 e. The summed E-state index contributed by atoms with van der Waals surface area (Å²) in [7, 11) is 0. The first kappa shape index (κ1) is 21.6. The van der Waals surface area contributed by atoms with Crippen molar-refractivity contribution in [3.05, 3.63) is 95.1 Å². The van der Waals surface area contributed by atoms with E-state index >= 15 is 0 Å². The summed E-state index contributed by atoms with van der Waals surface area (Å²) < 4.78 is 12.4. The minimum absolute atomic E-state index is 0.172. The summed E-state index contributed by atoms with van der Waals surface area (Å²) in [5.41, 5.74) is 5.83. The van der Waals surface area contributed by atoms with Gasteiger partial charge in [0.1, 0.15) is 11.5 Å². The highest BCUT2D eigenvalue weighted by Gasteiger charge is 2.40. The number of hydrogen-bond acceptors (Lipinski definition) is 4. The average molecular weight is 441 g/mol. The van der Waals surface area contributed by atoms with Crippen molar-refractivity contribution in [3.8, 4) is 11.5 Å². The van der Waals surface area contributed by atoms with Gasteiger partial charge in [-0.15, -0.1) is 0 Å². The van der Waals surface area contributed by atoms with E-state index in [2.05, 4.69) is 85.6 Å². The van der Waals surface area contributed by atoms with Crippen LogP contribution >= 0.6 is 0 Å². The van der Waals surface area contributed by atoms with E-state index in [9.17, 15) is 0 Å². The Morgan fingerprint density at radius 1 is 0.939 bits per heavy atom. The summed E-state index contributed by atoms with van der Waals surface area (Å²) in [6.45, 7) is 5.11. The van der Waals surface area contributed by atoms with Crippen molar-refractivity contribution in [3.63, 3.8) is 0 Å². The van der Waals surface area contributed by atoms with Gasteiger partial charge in [-0.2, -0.15) is 5.10 Å². The first-order valence-corrected chi connectivity index (χ1v) is 12.1. The lowest BCUT2D eigenvalue weighted by molar-refractivity contribution is -0.0190. The van der Waals surface area contributed by atoms with Crippen LogP contribution in [-0.2, 0) is 0 Å². The largest absolute Gasteiger partial charge is 0.494 e. The molecule has 2 atom stereocenters. The highest BCUT2D eigenvalue weighted by molar-refractivity contribution is 6.02. The van der Waals surface area contributed by atoms with E-state index in [1.807, 2.05) is 6.07 Å². The molecule has 4 nitrogen and oxygen atoms in total. The molecule has 5 rings (SSSR count). The zero-order chi connectivity index (χ0) is 22.6. The second kappa shape index (κ2) is 9.70. The van der Waals surface area contributed by atoms with Crippen molar-refractivity contribution in [1.29, 1.82) is 0 Å². The normalized spacial score (nSPS) is 18.8. The molecule has 0 unspecified atom stereocenters. The van der Waals surface area contributed by atoms with Gasteiger partial charge in [0.05, 0.1) is 18.4 Å². The maximum absolute atomic E-state index is 6.48. The van der Waals surface area contributed by atoms with E-state index in [-0.39, 0.29) is 12.3 Å². The van der Waals surface area contributed by atoms with Crippen molar-refractivity contribution < 1.29 is 9.47 Å².